The number of hydrogen-bond acceptors (Lipinski definition) is 4. The molecule has 0 aromatic heterocycles. The second-order valence-electron chi connectivity index (χ2n) is 6.69. The molecule has 0 fully saturated rings. The van der Waals surface area contributed by atoms with Gasteiger partial charge in [-0.1, -0.05) is 40.5 Å². The fourth-order valence-electron chi connectivity index (χ4n) is 1.37. The molecule has 0 atom stereocenters. The Bertz CT molecular complexity index is 313. The lowest BCUT2D eigenvalue weighted by Gasteiger charge is -2.36. The highest BCUT2D eigenvalue weighted by molar-refractivity contribution is 5.76. The molecule has 118 valence electrons. The van der Waals surface area contributed by atoms with E-state index >= 15 is 0 Å². The van der Waals surface area contributed by atoms with Crippen molar-refractivity contribution in [2.45, 2.75) is 67.2 Å². The van der Waals surface area contributed by atoms with Gasteiger partial charge in [0.1, 0.15) is 13.2 Å². The number of ether oxygens (including phenoxy) is 2. The highest BCUT2D eigenvalue weighted by atomic mass is 16.6. The van der Waals surface area contributed by atoms with E-state index in [-0.39, 0.29) is 30.6 Å². The largest absolute Gasteiger partial charge is 0.462 e. The summed E-state index contributed by atoms with van der Waals surface area (Å²) in [5.41, 5.74) is -0.751. The summed E-state index contributed by atoms with van der Waals surface area (Å²) in [7, 11) is 0. The molecule has 0 spiro atoms. The van der Waals surface area contributed by atoms with E-state index in [2.05, 4.69) is 6.92 Å². The van der Waals surface area contributed by atoms with Crippen LogP contribution in [0.25, 0.3) is 0 Å². The van der Waals surface area contributed by atoms with Gasteiger partial charge in [0.15, 0.2) is 0 Å². The van der Waals surface area contributed by atoms with Crippen molar-refractivity contribution in [3.05, 3.63) is 0 Å². The van der Waals surface area contributed by atoms with Crippen molar-refractivity contribution in [3.8, 4) is 0 Å². The lowest BCUT2D eigenvalue weighted by atomic mass is 9.69. The molecule has 0 radical (unpaired) electrons. The van der Waals surface area contributed by atoms with Gasteiger partial charge in [0.05, 0.1) is 5.41 Å². The van der Waals surface area contributed by atoms with Crippen LogP contribution in [-0.4, -0.2) is 25.2 Å². The molecule has 0 aromatic carbocycles. The Balaban J connectivity index is 3.91. The third-order valence-electron chi connectivity index (χ3n) is 3.95. The van der Waals surface area contributed by atoms with Crippen molar-refractivity contribution in [1.82, 2.24) is 0 Å². The van der Waals surface area contributed by atoms with Crippen LogP contribution in [0.15, 0.2) is 0 Å². The third kappa shape index (κ3) is 6.40. The zero-order chi connectivity index (χ0) is 15.8. The highest BCUT2D eigenvalue weighted by Crippen LogP contribution is 2.38. The molecule has 0 aliphatic rings. The first-order chi connectivity index (χ1) is 9.13. The molecule has 0 bridgehead atoms. The normalized spacial score (nSPS) is 12.1. The van der Waals surface area contributed by atoms with Crippen molar-refractivity contribution >= 4 is 11.9 Å². The first-order valence-corrected chi connectivity index (χ1v) is 7.45. The summed E-state index contributed by atoms with van der Waals surface area (Å²) < 4.78 is 10.2. The van der Waals surface area contributed by atoms with Crippen LogP contribution in [0.5, 0.6) is 0 Å². The van der Waals surface area contributed by atoms with Gasteiger partial charge in [-0.15, -0.1) is 0 Å². The van der Waals surface area contributed by atoms with Crippen molar-refractivity contribution in [1.29, 1.82) is 0 Å². The number of rotatable bonds is 8. The molecule has 4 nitrogen and oxygen atoms in total. The smallest absolute Gasteiger partial charge is 0.312 e. The monoisotopic (exact) mass is 286 g/mol. The summed E-state index contributed by atoms with van der Waals surface area (Å²) in [4.78, 5) is 23.4. The molecule has 0 aromatic rings. The second kappa shape index (κ2) is 8.28. The Morgan fingerprint density at radius 1 is 0.900 bits per heavy atom. The lowest BCUT2D eigenvalue weighted by molar-refractivity contribution is -0.164. The molecule has 0 rings (SSSR count). The summed E-state index contributed by atoms with van der Waals surface area (Å²) in [6.45, 7) is 12.1. The van der Waals surface area contributed by atoms with Gasteiger partial charge < -0.3 is 9.47 Å². The van der Waals surface area contributed by atoms with Crippen LogP contribution < -0.4 is 0 Å². The maximum atomic E-state index is 12.0. The molecule has 0 heterocycles. The Morgan fingerprint density at radius 2 is 1.45 bits per heavy atom. The van der Waals surface area contributed by atoms with Gasteiger partial charge in [-0.3, -0.25) is 9.59 Å². The van der Waals surface area contributed by atoms with Gasteiger partial charge in [-0.25, -0.2) is 0 Å². The zero-order valence-electron chi connectivity index (χ0n) is 13.9. The van der Waals surface area contributed by atoms with Gasteiger partial charge in [-0.2, -0.15) is 0 Å². The van der Waals surface area contributed by atoms with Gasteiger partial charge >= 0.3 is 11.9 Å². The van der Waals surface area contributed by atoms with Crippen LogP contribution in [0.2, 0.25) is 0 Å². The SMILES string of the molecule is CCCCCC(=O)OCCOC(=O)C(C)(C)C(C)(C)C. The van der Waals surface area contributed by atoms with Gasteiger partial charge in [0.2, 0.25) is 0 Å². The average molecular weight is 286 g/mol. The van der Waals surface area contributed by atoms with Crippen LogP contribution in [0.1, 0.15) is 67.2 Å². The summed E-state index contributed by atoms with van der Waals surface area (Å²) in [5, 5.41) is 0. The van der Waals surface area contributed by atoms with Crippen LogP contribution >= 0.6 is 0 Å². The number of carbonyl (C=O) groups is 2. The predicted molar refractivity (Wildman–Crippen MR) is 79.3 cm³/mol. The molecule has 0 unspecified atom stereocenters. The molecule has 0 amide bonds. The third-order valence-corrected chi connectivity index (χ3v) is 3.95. The van der Waals surface area contributed by atoms with E-state index in [4.69, 9.17) is 9.47 Å². The summed E-state index contributed by atoms with van der Waals surface area (Å²) >= 11 is 0. The fourth-order valence-corrected chi connectivity index (χ4v) is 1.37. The van der Waals surface area contributed by atoms with Gasteiger partial charge in [-0.05, 0) is 25.7 Å². The van der Waals surface area contributed by atoms with E-state index in [9.17, 15) is 9.59 Å². The van der Waals surface area contributed by atoms with Gasteiger partial charge in [0.25, 0.3) is 0 Å². The zero-order valence-corrected chi connectivity index (χ0v) is 13.9. The van der Waals surface area contributed by atoms with E-state index < -0.39 is 5.41 Å². The highest BCUT2D eigenvalue weighted by Gasteiger charge is 2.41. The lowest BCUT2D eigenvalue weighted by Crippen LogP contribution is -2.39. The fraction of sp³-hybridized carbons (Fsp3) is 0.875. The molecule has 0 saturated carbocycles. The van der Waals surface area contributed by atoms with E-state index in [0.717, 1.165) is 19.3 Å². The molecule has 0 saturated heterocycles. The quantitative estimate of drug-likeness (QED) is 0.504. The number of carbonyl (C=O) groups excluding carboxylic acids is 2. The van der Waals surface area contributed by atoms with Crippen molar-refractivity contribution < 1.29 is 19.1 Å². The number of esters is 2. The van der Waals surface area contributed by atoms with Crippen molar-refractivity contribution in [3.63, 3.8) is 0 Å². The predicted octanol–water partition coefficient (Wildman–Crippen LogP) is 3.73. The second-order valence-corrected chi connectivity index (χ2v) is 6.69. The van der Waals surface area contributed by atoms with Crippen molar-refractivity contribution in [2.24, 2.45) is 10.8 Å². The average Bonchev–Trinajstić information content (AvgIpc) is 2.33. The first-order valence-electron chi connectivity index (χ1n) is 7.45. The van der Waals surface area contributed by atoms with Crippen LogP contribution in [0.4, 0.5) is 0 Å². The van der Waals surface area contributed by atoms with Crippen LogP contribution in [0, 0.1) is 10.8 Å². The Hall–Kier alpha value is -1.06. The molecule has 4 heteroatoms. The molecular formula is C16H30O4. The Morgan fingerprint density at radius 3 is 1.95 bits per heavy atom. The summed E-state index contributed by atoms with van der Waals surface area (Å²) in [6, 6.07) is 0. The maximum absolute atomic E-state index is 12.0. The molecular weight excluding hydrogens is 256 g/mol. The Labute approximate surface area is 123 Å². The van der Waals surface area contributed by atoms with E-state index in [0.29, 0.717) is 6.42 Å². The minimum Gasteiger partial charge on any atom is -0.462 e. The van der Waals surface area contributed by atoms with Crippen LogP contribution in [0.3, 0.4) is 0 Å². The van der Waals surface area contributed by atoms with Crippen LogP contribution in [-0.2, 0) is 19.1 Å². The van der Waals surface area contributed by atoms with E-state index in [1.54, 1.807) is 0 Å². The standard InChI is InChI=1S/C16H30O4/c1-7-8-9-10-13(17)19-11-12-20-14(18)16(5,6)15(2,3)4/h7-12H2,1-6H3. The maximum Gasteiger partial charge on any atom is 0.312 e. The number of unbranched alkanes of at least 4 members (excludes halogenated alkanes) is 2. The first kappa shape index (κ1) is 18.9. The molecule has 0 aliphatic heterocycles. The molecule has 20 heavy (non-hydrogen) atoms. The summed E-state index contributed by atoms with van der Waals surface area (Å²) in [5.74, 6) is -0.475. The van der Waals surface area contributed by atoms with E-state index in [1.165, 1.54) is 0 Å². The van der Waals surface area contributed by atoms with E-state index in [1.807, 2.05) is 34.6 Å². The molecule has 0 aliphatic carbocycles. The van der Waals surface area contributed by atoms with Crippen molar-refractivity contribution in [2.75, 3.05) is 13.2 Å². The minimum atomic E-state index is -0.571. The molecule has 0 N–H and O–H groups in total. The van der Waals surface area contributed by atoms with Gasteiger partial charge in [0, 0.05) is 6.42 Å². The Kier molecular flexibility index (Phi) is 7.84. The topological polar surface area (TPSA) is 52.6 Å². The summed E-state index contributed by atoms with van der Waals surface area (Å²) in [6.07, 6.45) is 3.40. The number of hydrogen-bond donors (Lipinski definition) is 0. The minimum absolute atomic E-state index is 0.123.